The molecule has 0 saturated carbocycles. The van der Waals surface area contributed by atoms with Crippen LogP contribution in [0.15, 0.2) is 35.1 Å². The largest absolute Gasteiger partial charge is 0.496 e. The van der Waals surface area contributed by atoms with Gasteiger partial charge in [0.2, 0.25) is 5.88 Å². The van der Waals surface area contributed by atoms with Crippen LogP contribution >= 0.6 is 0 Å². The molecule has 1 atom stereocenters. The summed E-state index contributed by atoms with van der Waals surface area (Å²) in [6.07, 6.45) is 0. The number of rotatable bonds is 5. The van der Waals surface area contributed by atoms with E-state index in [0.29, 0.717) is 11.6 Å². The van der Waals surface area contributed by atoms with Gasteiger partial charge in [0.05, 0.1) is 26.8 Å². The minimum absolute atomic E-state index is 0.224. The van der Waals surface area contributed by atoms with Gasteiger partial charge in [-0.25, -0.2) is 4.68 Å². The first-order valence-electron chi connectivity index (χ1n) is 6.57. The van der Waals surface area contributed by atoms with Crippen LogP contribution in [0.25, 0.3) is 0 Å². The Labute approximate surface area is 123 Å². The van der Waals surface area contributed by atoms with Gasteiger partial charge in [0.25, 0.3) is 5.56 Å². The van der Waals surface area contributed by atoms with E-state index >= 15 is 0 Å². The van der Waals surface area contributed by atoms with Crippen LogP contribution in [0.4, 0.5) is 0 Å². The molecule has 2 N–H and O–H groups in total. The van der Waals surface area contributed by atoms with Crippen LogP contribution in [-0.4, -0.2) is 24.0 Å². The summed E-state index contributed by atoms with van der Waals surface area (Å²) in [5.74, 6) is 1.07. The monoisotopic (exact) mass is 289 g/mol. The normalized spacial score (nSPS) is 12.0. The number of nitrogens with zero attached hydrogens (tertiary/aromatic N) is 2. The van der Waals surface area contributed by atoms with E-state index in [0.717, 1.165) is 11.1 Å². The maximum absolute atomic E-state index is 11.8. The van der Waals surface area contributed by atoms with Gasteiger partial charge in [-0.2, -0.15) is 0 Å². The molecule has 0 aliphatic carbocycles. The van der Waals surface area contributed by atoms with Gasteiger partial charge < -0.3 is 15.2 Å². The smallest absolute Gasteiger partial charge is 0.267 e. The van der Waals surface area contributed by atoms with Crippen molar-refractivity contribution in [2.75, 3.05) is 14.2 Å². The second-order valence-electron chi connectivity index (χ2n) is 4.75. The third-order valence-electron chi connectivity index (χ3n) is 3.21. The summed E-state index contributed by atoms with van der Waals surface area (Å²) in [6.45, 7) is 2.22. The number of ether oxygens (including phenoxy) is 2. The fourth-order valence-electron chi connectivity index (χ4n) is 2.10. The molecule has 0 amide bonds. The van der Waals surface area contributed by atoms with Crippen LogP contribution in [0.1, 0.15) is 17.2 Å². The van der Waals surface area contributed by atoms with Crippen molar-refractivity contribution in [2.24, 2.45) is 5.73 Å². The maximum atomic E-state index is 11.8. The molecule has 0 aliphatic heterocycles. The highest BCUT2D eigenvalue weighted by Gasteiger charge is 2.14. The van der Waals surface area contributed by atoms with Crippen molar-refractivity contribution in [3.8, 4) is 11.6 Å². The first kappa shape index (κ1) is 15.1. The van der Waals surface area contributed by atoms with E-state index in [-0.39, 0.29) is 12.1 Å². The Kier molecular flexibility index (Phi) is 4.59. The molecule has 1 aromatic carbocycles. The van der Waals surface area contributed by atoms with Crippen LogP contribution in [0.3, 0.4) is 0 Å². The van der Waals surface area contributed by atoms with Crippen molar-refractivity contribution in [2.45, 2.75) is 19.5 Å². The third kappa shape index (κ3) is 3.41. The van der Waals surface area contributed by atoms with E-state index in [4.69, 9.17) is 15.2 Å². The van der Waals surface area contributed by atoms with E-state index in [1.54, 1.807) is 7.11 Å². The SMILES string of the molecule is COc1ccc(=O)n(CC(N)c2cc(C)ccc2OC)n1. The van der Waals surface area contributed by atoms with Crippen molar-refractivity contribution < 1.29 is 9.47 Å². The predicted molar refractivity (Wildman–Crippen MR) is 79.7 cm³/mol. The van der Waals surface area contributed by atoms with Crippen molar-refractivity contribution in [3.63, 3.8) is 0 Å². The summed E-state index contributed by atoms with van der Waals surface area (Å²) >= 11 is 0. The number of aryl methyl sites for hydroxylation is 1. The van der Waals surface area contributed by atoms with Gasteiger partial charge in [-0.1, -0.05) is 17.7 Å². The van der Waals surface area contributed by atoms with E-state index in [2.05, 4.69) is 5.10 Å². The average Bonchev–Trinajstić information content (AvgIpc) is 2.49. The van der Waals surface area contributed by atoms with E-state index in [1.807, 2.05) is 25.1 Å². The van der Waals surface area contributed by atoms with E-state index < -0.39 is 6.04 Å². The topological polar surface area (TPSA) is 79.4 Å². The molecule has 6 nitrogen and oxygen atoms in total. The molecular formula is C15H19N3O3. The van der Waals surface area contributed by atoms with Gasteiger partial charge in [-0.05, 0) is 13.0 Å². The lowest BCUT2D eigenvalue weighted by molar-refractivity contribution is 0.366. The minimum Gasteiger partial charge on any atom is -0.496 e. The highest BCUT2D eigenvalue weighted by molar-refractivity contribution is 5.38. The molecule has 6 heteroatoms. The van der Waals surface area contributed by atoms with Gasteiger partial charge in [-0.3, -0.25) is 4.79 Å². The Balaban J connectivity index is 2.31. The van der Waals surface area contributed by atoms with Crippen LogP contribution in [0.2, 0.25) is 0 Å². The average molecular weight is 289 g/mol. The van der Waals surface area contributed by atoms with Crippen LogP contribution in [-0.2, 0) is 6.54 Å². The number of hydrogen-bond acceptors (Lipinski definition) is 5. The zero-order valence-electron chi connectivity index (χ0n) is 12.4. The molecule has 2 rings (SSSR count). The molecule has 0 saturated heterocycles. The molecule has 112 valence electrons. The Morgan fingerprint density at radius 2 is 2.00 bits per heavy atom. The second-order valence-corrected chi connectivity index (χ2v) is 4.75. The van der Waals surface area contributed by atoms with Crippen LogP contribution < -0.4 is 20.8 Å². The summed E-state index contributed by atoms with van der Waals surface area (Å²) in [4.78, 5) is 11.8. The first-order chi connectivity index (χ1) is 10.0. The molecule has 0 fully saturated rings. The molecular weight excluding hydrogens is 270 g/mol. The van der Waals surface area contributed by atoms with Crippen molar-refractivity contribution in [1.82, 2.24) is 9.78 Å². The highest BCUT2D eigenvalue weighted by atomic mass is 16.5. The summed E-state index contributed by atoms with van der Waals surface area (Å²) in [5, 5.41) is 4.10. The minimum atomic E-state index is -0.405. The Morgan fingerprint density at radius 1 is 1.24 bits per heavy atom. The lowest BCUT2D eigenvalue weighted by Crippen LogP contribution is -2.28. The van der Waals surface area contributed by atoms with Crippen molar-refractivity contribution in [3.05, 3.63) is 51.8 Å². The molecule has 0 spiro atoms. The fraction of sp³-hybridized carbons (Fsp3) is 0.333. The van der Waals surface area contributed by atoms with Crippen molar-refractivity contribution in [1.29, 1.82) is 0 Å². The third-order valence-corrected chi connectivity index (χ3v) is 3.21. The zero-order valence-corrected chi connectivity index (χ0v) is 12.4. The first-order valence-corrected chi connectivity index (χ1v) is 6.57. The summed E-state index contributed by atoms with van der Waals surface area (Å²) < 4.78 is 11.6. The molecule has 1 unspecified atom stereocenters. The zero-order chi connectivity index (χ0) is 15.4. The summed E-state index contributed by atoms with van der Waals surface area (Å²) in [7, 11) is 3.09. The van der Waals surface area contributed by atoms with Crippen LogP contribution in [0, 0.1) is 6.92 Å². The molecule has 21 heavy (non-hydrogen) atoms. The predicted octanol–water partition coefficient (Wildman–Crippen LogP) is 1.27. The fourth-order valence-corrected chi connectivity index (χ4v) is 2.10. The number of nitrogens with two attached hydrogens (primary N) is 1. The lowest BCUT2D eigenvalue weighted by Gasteiger charge is -2.17. The van der Waals surface area contributed by atoms with E-state index in [1.165, 1.54) is 23.9 Å². The van der Waals surface area contributed by atoms with Crippen LogP contribution in [0.5, 0.6) is 11.6 Å². The molecule has 2 aromatic rings. The maximum Gasteiger partial charge on any atom is 0.267 e. The van der Waals surface area contributed by atoms with Gasteiger partial charge in [-0.15, -0.1) is 5.10 Å². The number of benzene rings is 1. The molecule has 0 aliphatic rings. The Bertz CT molecular complexity index is 682. The molecule has 0 bridgehead atoms. The molecule has 1 heterocycles. The Hall–Kier alpha value is -2.34. The standard InChI is InChI=1S/C15H19N3O3/c1-10-4-5-13(20-2)11(8-10)12(16)9-18-15(19)7-6-14(17-18)21-3/h4-8,12H,9,16H2,1-3H3. The number of methoxy groups -OCH3 is 2. The lowest BCUT2D eigenvalue weighted by atomic mass is 10.0. The molecule has 0 radical (unpaired) electrons. The van der Waals surface area contributed by atoms with Gasteiger partial charge in [0, 0.05) is 17.7 Å². The van der Waals surface area contributed by atoms with Crippen molar-refractivity contribution >= 4 is 0 Å². The number of aromatic nitrogens is 2. The highest BCUT2D eigenvalue weighted by Crippen LogP contribution is 2.25. The summed E-state index contributed by atoms with van der Waals surface area (Å²) in [6, 6.07) is 8.30. The van der Waals surface area contributed by atoms with Gasteiger partial charge >= 0.3 is 0 Å². The van der Waals surface area contributed by atoms with Gasteiger partial charge in [0.15, 0.2) is 0 Å². The summed E-state index contributed by atoms with van der Waals surface area (Å²) in [5.41, 5.74) is 7.91. The second kappa shape index (κ2) is 6.41. The molecule has 1 aromatic heterocycles. The number of hydrogen-bond donors (Lipinski definition) is 1. The van der Waals surface area contributed by atoms with E-state index in [9.17, 15) is 4.79 Å². The van der Waals surface area contributed by atoms with Gasteiger partial charge in [0.1, 0.15) is 5.75 Å². The quantitative estimate of drug-likeness (QED) is 0.896. The Morgan fingerprint density at radius 3 is 2.67 bits per heavy atom.